The summed E-state index contributed by atoms with van der Waals surface area (Å²) >= 11 is 0. The molecule has 1 amide bonds. The molecule has 5 atom stereocenters. The molecular formula is C30H37N3O. The first-order valence-corrected chi connectivity index (χ1v) is 13.6. The molecule has 7 aliphatic rings. The highest BCUT2D eigenvalue weighted by molar-refractivity contribution is 5.86. The van der Waals surface area contributed by atoms with Crippen LogP contribution in [-0.4, -0.2) is 34.9 Å². The molecule has 6 bridgehead atoms. The Hall–Kier alpha value is -2.20. The van der Waals surface area contributed by atoms with Gasteiger partial charge >= 0.3 is 0 Å². The van der Waals surface area contributed by atoms with Crippen LogP contribution in [0.25, 0.3) is 10.9 Å². The molecule has 4 nitrogen and oxygen atoms in total. The van der Waals surface area contributed by atoms with Gasteiger partial charge in [-0.25, -0.2) is 0 Å². The van der Waals surface area contributed by atoms with Gasteiger partial charge in [-0.2, -0.15) is 0 Å². The molecule has 34 heavy (non-hydrogen) atoms. The van der Waals surface area contributed by atoms with Crippen molar-refractivity contribution in [1.82, 2.24) is 15.2 Å². The van der Waals surface area contributed by atoms with E-state index in [-0.39, 0.29) is 11.5 Å². The van der Waals surface area contributed by atoms with Gasteiger partial charge in [0.05, 0.1) is 11.6 Å². The van der Waals surface area contributed by atoms with Gasteiger partial charge in [0.2, 0.25) is 5.91 Å². The molecule has 4 saturated carbocycles. The minimum absolute atomic E-state index is 0.0157. The standard InChI is InChI=1S/C30H37N3O/c1-2-22-18-33-10-8-23(22)14-27(33)28(25-7-9-31-26-6-4-3-5-24(25)26)32-29(34)30-15-19-11-20(16-30)13-21(12-19)17-30/h2-7,9,19-23,27-28H,1,8,10-18H2,(H,32,34)/t19?,20?,21?,22-,23-,27+,28+,30?/m0/s1. The minimum atomic E-state index is -0.123. The number of nitrogens with zero attached hydrogens (tertiary/aromatic N) is 2. The number of aromatic nitrogens is 1. The zero-order chi connectivity index (χ0) is 22.9. The number of hydrogen-bond acceptors (Lipinski definition) is 3. The molecule has 0 spiro atoms. The molecule has 1 unspecified atom stereocenters. The van der Waals surface area contributed by atoms with E-state index in [1.165, 1.54) is 36.6 Å². The fourth-order valence-corrected chi connectivity index (χ4v) is 9.18. The van der Waals surface area contributed by atoms with Crippen molar-refractivity contribution in [2.45, 2.75) is 63.5 Å². The lowest BCUT2D eigenvalue weighted by molar-refractivity contribution is -0.148. The van der Waals surface area contributed by atoms with Crippen LogP contribution in [0, 0.1) is 35.0 Å². The molecule has 1 aromatic heterocycles. The summed E-state index contributed by atoms with van der Waals surface area (Å²) in [7, 11) is 0. The topological polar surface area (TPSA) is 45.2 Å². The number of benzene rings is 1. The van der Waals surface area contributed by atoms with Gasteiger partial charge < -0.3 is 5.32 Å². The molecular weight excluding hydrogens is 418 g/mol. The van der Waals surface area contributed by atoms with Crippen LogP contribution in [0.15, 0.2) is 49.2 Å². The first-order valence-electron chi connectivity index (χ1n) is 13.6. The van der Waals surface area contributed by atoms with Crippen molar-refractivity contribution in [1.29, 1.82) is 0 Å². The summed E-state index contributed by atoms with van der Waals surface area (Å²) in [5.41, 5.74) is 2.15. The van der Waals surface area contributed by atoms with E-state index in [1.807, 2.05) is 6.20 Å². The van der Waals surface area contributed by atoms with Gasteiger partial charge in [-0.05, 0) is 105 Å². The third-order valence-electron chi connectivity index (χ3n) is 10.4. The summed E-state index contributed by atoms with van der Waals surface area (Å²) in [6.07, 6.45) is 13.9. The monoisotopic (exact) mass is 455 g/mol. The van der Waals surface area contributed by atoms with Crippen LogP contribution in [0.5, 0.6) is 0 Å². The fourth-order valence-electron chi connectivity index (χ4n) is 9.18. The van der Waals surface area contributed by atoms with Gasteiger partial charge in [0.25, 0.3) is 0 Å². The summed E-state index contributed by atoms with van der Waals surface area (Å²) in [5.74, 6) is 3.94. The molecule has 1 N–H and O–H groups in total. The molecule has 4 heterocycles. The summed E-state index contributed by atoms with van der Waals surface area (Å²) in [6.45, 7) is 6.33. The predicted octanol–water partition coefficient (Wildman–Crippen LogP) is 5.50. The zero-order valence-corrected chi connectivity index (χ0v) is 20.2. The van der Waals surface area contributed by atoms with Gasteiger partial charge in [0, 0.05) is 29.6 Å². The molecule has 1 aromatic carbocycles. The van der Waals surface area contributed by atoms with E-state index in [9.17, 15) is 4.79 Å². The lowest BCUT2D eigenvalue weighted by Gasteiger charge is -2.56. The number of amides is 1. The molecule has 0 radical (unpaired) electrons. The number of fused-ring (bicyclic) bond motifs is 4. The molecule has 4 aliphatic carbocycles. The Morgan fingerprint density at radius 3 is 2.50 bits per heavy atom. The fraction of sp³-hybridized carbons (Fsp3) is 0.600. The Balaban J connectivity index is 1.26. The van der Waals surface area contributed by atoms with Gasteiger partial charge in [-0.15, -0.1) is 6.58 Å². The van der Waals surface area contributed by atoms with Crippen molar-refractivity contribution in [3.63, 3.8) is 0 Å². The number of rotatable bonds is 5. The summed E-state index contributed by atoms with van der Waals surface area (Å²) in [6, 6.07) is 11.0. The van der Waals surface area contributed by atoms with Crippen molar-refractivity contribution in [2.24, 2.45) is 35.0 Å². The number of hydrogen-bond donors (Lipinski definition) is 1. The number of carbonyl (C=O) groups is 1. The van der Waals surface area contributed by atoms with Crippen molar-refractivity contribution in [2.75, 3.05) is 13.1 Å². The SMILES string of the molecule is C=C[C@H]1CN2CC[C@H]1C[C@@H]2[C@H](NC(=O)C12CC3CC(CC(C3)C1)C2)c1ccnc2ccccc12. The lowest BCUT2D eigenvalue weighted by Crippen LogP contribution is -2.60. The first-order chi connectivity index (χ1) is 16.6. The van der Waals surface area contributed by atoms with Crippen LogP contribution >= 0.6 is 0 Å². The number of para-hydroxylation sites is 1. The molecule has 2 aromatic rings. The summed E-state index contributed by atoms with van der Waals surface area (Å²) in [4.78, 5) is 21.5. The second-order valence-electron chi connectivity index (χ2n) is 12.3. The van der Waals surface area contributed by atoms with E-state index < -0.39 is 0 Å². The molecule has 7 fully saturated rings. The van der Waals surface area contributed by atoms with Gasteiger partial charge in [-0.1, -0.05) is 24.3 Å². The average molecular weight is 456 g/mol. The maximum atomic E-state index is 14.2. The van der Waals surface area contributed by atoms with Crippen molar-refractivity contribution in [3.8, 4) is 0 Å². The summed E-state index contributed by atoms with van der Waals surface area (Å²) in [5, 5.41) is 4.92. The smallest absolute Gasteiger partial charge is 0.226 e. The van der Waals surface area contributed by atoms with Gasteiger partial charge in [-0.3, -0.25) is 14.7 Å². The Morgan fingerprint density at radius 1 is 1.09 bits per heavy atom. The number of nitrogens with one attached hydrogen (secondary N) is 1. The van der Waals surface area contributed by atoms with E-state index in [1.54, 1.807) is 0 Å². The van der Waals surface area contributed by atoms with E-state index in [2.05, 4.69) is 58.2 Å². The molecule has 4 heteroatoms. The molecule has 3 aliphatic heterocycles. The van der Waals surface area contributed by atoms with E-state index in [0.717, 1.165) is 62.0 Å². The third kappa shape index (κ3) is 3.28. The van der Waals surface area contributed by atoms with Crippen LogP contribution < -0.4 is 5.32 Å². The predicted molar refractivity (Wildman–Crippen MR) is 135 cm³/mol. The van der Waals surface area contributed by atoms with Crippen molar-refractivity contribution < 1.29 is 4.79 Å². The lowest BCUT2D eigenvalue weighted by atomic mass is 9.49. The zero-order valence-electron chi connectivity index (χ0n) is 20.2. The van der Waals surface area contributed by atoms with Crippen LogP contribution in [0.4, 0.5) is 0 Å². The van der Waals surface area contributed by atoms with E-state index in [0.29, 0.717) is 23.8 Å². The third-order valence-corrected chi connectivity index (χ3v) is 10.4. The number of pyridine rings is 1. The molecule has 9 rings (SSSR count). The van der Waals surface area contributed by atoms with Crippen LogP contribution in [0.2, 0.25) is 0 Å². The molecule has 178 valence electrons. The van der Waals surface area contributed by atoms with Crippen LogP contribution in [-0.2, 0) is 4.79 Å². The highest BCUT2D eigenvalue weighted by atomic mass is 16.2. The second-order valence-corrected chi connectivity index (χ2v) is 12.3. The largest absolute Gasteiger partial charge is 0.347 e. The second kappa shape index (κ2) is 7.91. The number of carbonyl (C=O) groups excluding carboxylic acids is 1. The average Bonchev–Trinajstić information content (AvgIpc) is 2.86. The Bertz CT molecular complexity index is 1080. The Kier molecular flexibility index (Phi) is 4.91. The van der Waals surface area contributed by atoms with E-state index >= 15 is 0 Å². The molecule has 3 saturated heterocycles. The quantitative estimate of drug-likeness (QED) is 0.605. The minimum Gasteiger partial charge on any atom is -0.347 e. The van der Waals surface area contributed by atoms with Crippen LogP contribution in [0.1, 0.15) is 63.0 Å². The normalized spacial score (nSPS) is 40.9. The maximum absolute atomic E-state index is 14.2. The van der Waals surface area contributed by atoms with Crippen molar-refractivity contribution in [3.05, 3.63) is 54.7 Å². The highest BCUT2D eigenvalue weighted by Crippen LogP contribution is 2.60. The van der Waals surface area contributed by atoms with E-state index in [4.69, 9.17) is 0 Å². The van der Waals surface area contributed by atoms with Crippen LogP contribution in [0.3, 0.4) is 0 Å². The number of piperidine rings is 3. The Morgan fingerprint density at radius 2 is 1.82 bits per heavy atom. The van der Waals surface area contributed by atoms with Crippen molar-refractivity contribution >= 4 is 16.8 Å². The summed E-state index contributed by atoms with van der Waals surface area (Å²) < 4.78 is 0. The maximum Gasteiger partial charge on any atom is 0.226 e. The first kappa shape index (κ1) is 21.1. The van der Waals surface area contributed by atoms with Gasteiger partial charge in [0.15, 0.2) is 0 Å². The highest BCUT2D eigenvalue weighted by Gasteiger charge is 2.55. The Labute approximate surface area is 203 Å². The van der Waals surface area contributed by atoms with Gasteiger partial charge in [0.1, 0.15) is 0 Å².